The smallest absolute Gasteiger partial charge is 0.215 e. The summed E-state index contributed by atoms with van der Waals surface area (Å²) in [5.41, 5.74) is 0. The molecule has 0 bridgehead atoms. The summed E-state index contributed by atoms with van der Waals surface area (Å²) in [4.78, 5) is 10.8. The van der Waals surface area contributed by atoms with Gasteiger partial charge in [0.25, 0.3) is 0 Å². The molecule has 0 aromatic carbocycles. The highest BCUT2D eigenvalue weighted by Crippen LogP contribution is 2.06. The zero-order valence-corrected chi connectivity index (χ0v) is 11.1. The standard InChI is InChI=1S/C8H18NO2S.BrH/c1-5-8(10)12-11-7-6-9(2,3)4;/h5-7H2,1-4H3;1H/q+1;/p-1. The molecule has 0 saturated heterocycles. The fourth-order valence-electron chi connectivity index (χ4n) is 0.477. The molecule has 0 aliphatic rings. The van der Waals surface area contributed by atoms with Crippen LogP contribution in [0.2, 0.25) is 0 Å². The summed E-state index contributed by atoms with van der Waals surface area (Å²) in [6.45, 7) is 3.38. The van der Waals surface area contributed by atoms with E-state index in [-0.39, 0.29) is 22.1 Å². The van der Waals surface area contributed by atoms with Crippen molar-refractivity contribution in [2.75, 3.05) is 34.3 Å². The van der Waals surface area contributed by atoms with E-state index in [0.717, 1.165) is 23.1 Å². The molecular weight excluding hydrogens is 254 g/mol. The number of halogens is 1. The van der Waals surface area contributed by atoms with Gasteiger partial charge in [-0.15, -0.1) is 0 Å². The van der Waals surface area contributed by atoms with Crippen molar-refractivity contribution in [2.24, 2.45) is 0 Å². The van der Waals surface area contributed by atoms with Gasteiger partial charge in [0.2, 0.25) is 5.12 Å². The van der Waals surface area contributed by atoms with Crippen molar-refractivity contribution in [2.45, 2.75) is 13.3 Å². The number of carbonyl (C=O) groups is 1. The van der Waals surface area contributed by atoms with Crippen LogP contribution in [0, 0.1) is 0 Å². The van der Waals surface area contributed by atoms with Gasteiger partial charge in [-0.1, -0.05) is 6.92 Å². The van der Waals surface area contributed by atoms with E-state index in [1.165, 1.54) is 0 Å². The molecular formula is C8H18BrNO2S. The Balaban J connectivity index is 0. The molecule has 5 heteroatoms. The number of rotatable bonds is 5. The summed E-state index contributed by atoms with van der Waals surface area (Å²) >= 11 is 0.968. The number of carbonyl (C=O) groups excluding carboxylic acids is 1. The van der Waals surface area contributed by atoms with E-state index in [4.69, 9.17) is 4.18 Å². The number of likely N-dealkylation sites (N-methyl/N-ethyl adjacent to an activating group) is 1. The monoisotopic (exact) mass is 271 g/mol. The van der Waals surface area contributed by atoms with Crippen molar-refractivity contribution >= 4 is 17.2 Å². The molecule has 0 heterocycles. The average molecular weight is 272 g/mol. The number of hydrogen-bond donors (Lipinski definition) is 0. The van der Waals surface area contributed by atoms with Crippen LogP contribution in [0.4, 0.5) is 0 Å². The molecule has 0 fully saturated rings. The van der Waals surface area contributed by atoms with E-state index in [9.17, 15) is 4.79 Å². The lowest BCUT2D eigenvalue weighted by Gasteiger charge is -2.22. The predicted octanol–water partition coefficient (Wildman–Crippen LogP) is -1.70. The van der Waals surface area contributed by atoms with Gasteiger partial charge in [0.15, 0.2) is 0 Å². The summed E-state index contributed by atoms with van der Waals surface area (Å²) in [6.07, 6.45) is 0.537. The maximum Gasteiger partial charge on any atom is 0.215 e. The molecule has 0 aliphatic heterocycles. The normalized spacial score (nSPS) is 10.8. The Morgan fingerprint density at radius 2 is 1.92 bits per heavy atom. The maximum absolute atomic E-state index is 10.8. The summed E-state index contributed by atoms with van der Waals surface area (Å²) in [5.74, 6) is 0. The first-order valence-electron chi connectivity index (χ1n) is 4.08. The third-order valence-electron chi connectivity index (χ3n) is 1.29. The first-order valence-corrected chi connectivity index (χ1v) is 4.82. The molecule has 80 valence electrons. The van der Waals surface area contributed by atoms with Gasteiger partial charge in [-0.3, -0.25) is 4.79 Å². The van der Waals surface area contributed by atoms with Crippen molar-refractivity contribution in [3.8, 4) is 0 Å². The van der Waals surface area contributed by atoms with Crippen LogP contribution in [0.5, 0.6) is 0 Å². The fourth-order valence-corrected chi connectivity index (χ4v) is 0.885. The number of quaternary nitrogens is 1. The molecule has 0 N–H and O–H groups in total. The van der Waals surface area contributed by atoms with Crippen molar-refractivity contribution < 1.29 is 30.4 Å². The summed E-state index contributed by atoms with van der Waals surface area (Å²) in [5, 5.41) is 0.0939. The van der Waals surface area contributed by atoms with Crippen molar-refractivity contribution in [1.82, 2.24) is 0 Å². The third kappa shape index (κ3) is 12.4. The second-order valence-electron chi connectivity index (χ2n) is 3.64. The van der Waals surface area contributed by atoms with Crippen molar-refractivity contribution in [3.05, 3.63) is 0 Å². The molecule has 13 heavy (non-hydrogen) atoms. The summed E-state index contributed by atoms with van der Waals surface area (Å²) in [7, 11) is 6.28. The molecule has 0 radical (unpaired) electrons. The van der Waals surface area contributed by atoms with Crippen LogP contribution < -0.4 is 17.0 Å². The quantitative estimate of drug-likeness (QED) is 0.339. The molecule has 0 atom stereocenters. The second kappa shape index (κ2) is 7.79. The molecule has 0 aromatic heterocycles. The molecule has 0 aliphatic carbocycles. The van der Waals surface area contributed by atoms with Gasteiger partial charge in [-0.2, -0.15) is 0 Å². The Morgan fingerprint density at radius 3 is 2.31 bits per heavy atom. The highest BCUT2D eigenvalue weighted by molar-refractivity contribution is 8.09. The fraction of sp³-hybridized carbons (Fsp3) is 0.875. The molecule has 3 nitrogen and oxygen atoms in total. The Morgan fingerprint density at radius 1 is 1.38 bits per heavy atom. The number of hydrogen-bond acceptors (Lipinski definition) is 3. The van der Waals surface area contributed by atoms with Gasteiger partial charge in [0.1, 0.15) is 13.2 Å². The van der Waals surface area contributed by atoms with E-state index < -0.39 is 0 Å². The Bertz CT molecular complexity index is 148. The summed E-state index contributed by atoms with van der Waals surface area (Å²) < 4.78 is 5.98. The summed E-state index contributed by atoms with van der Waals surface area (Å²) in [6, 6.07) is 0. The van der Waals surface area contributed by atoms with Crippen molar-refractivity contribution in [1.29, 1.82) is 0 Å². The lowest BCUT2D eigenvalue weighted by molar-refractivity contribution is -0.870. The first kappa shape index (κ1) is 15.9. The van der Waals surface area contributed by atoms with Gasteiger partial charge in [0.05, 0.1) is 33.2 Å². The van der Waals surface area contributed by atoms with Gasteiger partial charge in [0, 0.05) is 6.42 Å². The van der Waals surface area contributed by atoms with E-state index in [1.54, 1.807) is 0 Å². The largest absolute Gasteiger partial charge is 1.00 e. The zero-order valence-electron chi connectivity index (χ0n) is 8.67. The predicted molar refractivity (Wildman–Crippen MR) is 51.7 cm³/mol. The highest BCUT2D eigenvalue weighted by Gasteiger charge is 2.07. The second-order valence-corrected chi connectivity index (χ2v) is 4.50. The Hall–Kier alpha value is 0.420. The molecule has 0 amide bonds. The highest BCUT2D eigenvalue weighted by atomic mass is 79.9. The third-order valence-corrected chi connectivity index (χ3v) is 2.05. The van der Waals surface area contributed by atoms with Crippen LogP contribution in [0.1, 0.15) is 13.3 Å². The van der Waals surface area contributed by atoms with Gasteiger partial charge >= 0.3 is 0 Å². The first-order chi connectivity index (χ1) is 5.45. The minimum Gasteiger partial charge on any atom is -1.00 e. The van der Waals surface area contributed by atoms with E-state index >= 15 is 0 Å². The molecule has 0 saturated carbocycles. The zero-order chi connectivity index (χ0) is 9.61. The van der Waals surface area contributed by atoms with Gasteiger partial charge in [-0.05, 0) is 0 Å². The van der Waals surface area contributed by atoms with Gasteiger partial charge in [-0.25, -0.2) is 0 Å². The lowest BCUT2D eigenvalue weighted by atomic mass is 10.5. The van der Waals surface area contributed by atoms with Crippen LogP contribution in [0.3, 0.4) is 0 Å². The van der Waals surface area contributed by atoms with E-state index in [1.807, 2.05) is 6.92 Å². The minimum atomic E-state index is 0. The Kier molecular flexibility index (Phi) is 9.51. The molecule has 0 spiro atoms. The van der Waals surface area contributed by atoms with Crippen LogP contribution in [0.15, 0.2) is 0 Å². The van der Waals surface area contributed by atoms with Crippen LogP contribution in [-0.2, 0) is 8.98 Å². The maximum atomic E-state index is 10.8. The average Bonchev–Trinajstić information content (AvgIpc) is 1.96. The SMILES string of the molecule is CCC(=O)SOCC[N+](C)(C)C.[Br-]. The number of nitrogens with zero attached hydrogens (tertiary/aromatic N) is 1. The molecule has 0 unspecified atom stereocenters. The lowest BCUT2D eigenvalue weighted by Crippen LogP contribution is -3.00. The Labute approximate surface area is 95.4 Å². The van der Waals surface area contributed by atoms with Crippen LogP contribution >= 0.6 is 12.0 Å². The van der Waals surface area contributed by atoms with Crippen LogP contribution in [0.25, 0.3) is 0 Å². The van der Waals surface area contributed by atoms with Crippen molar-refractivity contribution in [3.63, 3.8) is 0 Å². The molecule has 0 aromatic rings. The topological polar surface area (TPSA) is 26.3 Å². The van der Waals surface area contributed by atoms with Crippen LogP contribution in [-0.4, -0.2) is 43.9 Å². The van der Waals surface area contributed by atoms with Gasteiger partial charge < -0.3 is 25.6 Å². The minimum absolute atomic E-state index is 0. The van der Waals surface area contributed by atoms with E-state index in [0.29, 0.717) is 13.0 Å². The van der Waals surface area contributed by atoms with E-state index in [2.05, 4.69) is 21.1 Å². The molecule has 0 rings (SSSR count).